The minimum Gasteiger partial charge on any atom is -0.491 e. The second-order valence-electron chi connectivity index (χ2n) is 5.57. The third kappa shape index (κ3) is 5.96. The monoisotopic (exact) mass is 380 g/mol. The Morgan fingerprint density at radius 3 is 2.32 bits per heavy atom. The van der Waals surface area contributed by atoms with Gasteiger partial charge in [-0.3, -0.25) is 9.59 Å². The summed E-state index contributed by atoms with van der Waals surface area (Å²) in [5.41, 5.74) is 1.13. The van der Waals surface area contributed by atoms with E-state index in [1.54, 1.807) is 0 Å². The van der Waals surface area contributed by atoms with Crippen LogP contribution < -0.4 is 15.4 Å². The van der Waals surface area contributed by atoms with Crippen LogP contribution in [0.1, 0.15) is 19.4 Å². The molecule has 0 saturated carbocycles. The van der Waals surface area contributed by atoms with E-state index in [9.17, 15) is 9.59 Å². The summed E-state index contributed by atoms with van der Waals surface area (Å²) >= 11 is 11.7. The molecule has 0 aromatic heterocycles. The first-order chi connectivity index (χ1) is 11.8. The maximum atomic E-state index is 12.0. The van der Waals surface area contributed by atoms with Crippen LogP contribution in [0, 0.1) is 0 Å². The summed E-state index contributed by atoms with van der Waals surface area (Å²) in [6.07, 6.45) is 0.00716. The zero-order valence-electron chi connectivity index (χ0n) is 13.8. The smallest absolute Gasteiger partial charge is 0.313 e. The number of anilines is 1. The van der Waals surface area contributed by atoms with Crippen molar-refractivity contribution in [1.29, 1.82) is 0 Å². The number of halogens is 2. The van der Waals surface area contributed by atoms with Gasteiger partial charge in [0, 0.05) is 27.8 Å². The molecule has 0 aliphatic rings. The lowest BCUT2D eigenvalue weighted by molar-refractivity contribution is -0.136. The molecule has 0 saturated heterocycles. The Morgan fingerprint density at radius 2 is 1.68 bits per heavy atom. The molecule has 0 bridgehead atoms. The number of hydrogen-bond donors (Lipinski definition) is 2. The molecule has 2 amide bonds. The zero-order chi connectivity index (χ0) is 18.4. The topological polar surface area (TPSA) is 67.4 Å². The number of carbonyl (C=O) groups excluding carboxylic acids is 2. The van der Waals surface area contributed by atoms with Gasteiger partial charge in [0.05, 0.1) is 6.10 Å². The molecule has 0 unspecified atom stereocenters. The average Bonchev–Trinajstić information content (AvgIpc) is 2.52. The van der Waals surface area contributed by atoms with Crippen LogP contribution in [-0.4, -0.2) is 17.9 Å². The van der Waals surface area contributed by atoms with E-state index in [1.807, 2.05) is 38.1 Å². The van der Waals surface area contributed by atoms with Crippen molar-refractivity contribution < 1.29 is 14.3 Å². The molecule has 2 aromatic carbocycles. The molecule has 0 heterocycles. The van der Waals surface area contributed by atoms with Crippen LogP contribution in [0.3, 0.4) is 0 Å². The highest BCUT2D eigenvalue weighted by Crippen LogP contribution is 2.22. The fraction of sp³-hybridized carbons (Fsp3) is 0.222. The molecular weight excluding hydrogens is 363 g/mol. The fourth-order valence-electron chi connectivity index (χ4n) is 2.09. The van der Waals surface area contributed by atoms with Gasteiger partial charge in [-0.2, -0.15) is 0 Å². The predicted octanol–water partition coefficient (Wildman–Crippen LogP) is 4.04. The van der Waals surface area contributed by atoms with Crippen molar-refractivity contribution in [2.45, 2.75) is 26.5 Å². The van der Waals surface area contributed by atoms with Crippen molar-refractivity contribution in [3.63, 3.8) is 0 Å². The predicted molar refractivity (Wildman–Crippen MR) is 99.1 cm³/mol. The number of rotatable bonds is 5. The number of nitrogens with one attached hydrogen (secondary N) is 2. The molecule has 0 spiro atoms. The van der Waals surface area contributed by atoms with Crippen LogP contribution in [-0.2, 0) is 16.1 Å². The quantitative estimate of drug-likeness (QED) is 0.769. The van der Waals surface area contributed by atoms with E-state index in [0.29, 0.717) is 21.5 Å². The molecule has 0 aliphatic carbocycles. The Bertz CT molecular complexity index is 758. The number of para-hydroxylation sites is 1. The fourth-order valence-corrected chi connectivity index (χ4v) is 2.61. The van der Waals surface area contributed by atoms with Crippen LogP contribution in [0.4, 0.5) is 5.69 Å². The zero-order valence-corrected chi connectivity index (χ0v) is 15.3. The van der Waals surface area contributed by atoms with Gasteiger partial charge in [-0.05, 0) is 38.1 Å². The Labute approximate surface area is 156 Å². The van der Waals surface area contributed by atoms with Gasteiger partial charge in [-0.25, -0.2) is 0 Å². The lowest BCUT2D eigenvalue weighted by Gasteiger charge is -2.14. The normalized spacial score (nSPS) is 10.4. The van der Waals surface area contributed by atoms with E-state index >= 15 is 0 Å². The van der Waals surface area contributed by atoms with Crippen LogP contribution in [0.5, 0.6) is 5.75 Å². The van der Waals surface area contributed by atoms with Gasteiger partial charge >= 0.3 is 11.8 Å². The number of amides is 2. The molecule has 2 aromatic rings. The summed E-state index contributed by atoms with van der Waals surface area (Å²) in [5, 5.41) is 5.75. The van der Waals surface area contributed by atoms with Gasteiger partial charge in [0.2, 0.25) is 0 Å². The van der Waals surface area contributed by atoms with E-state index in [1.165, 1.54) is 18.2 Å². The maximum Gasteiger partial charge on any atom is 0.313 e. The van der Waals surface area contributed by atoms with Gasteiger partial charge < -0.3 is 15.4 Å². The van der Waals surface area contributed by atoms with Crippen molar-refractivity contribution in [1.82, 2.24) is 5.32 Å². The summed E-state index contributed by atoms with van der Waals surface area (Å²) in [6.45, 7) is 4.00. The van der Waals surface area contributed by atoms with Gasteiger partial charge in [0.25, 0.3) is 0 Å². The van der Waals surface area contributed by atoms with E-state index in [0.717, 1.165) is 5.56 Å². The van der Waals surface area contributed by atoms with Gasteiger partial charge in [-0.1, -0.05) is 41.4 Å². The summed E-state index contributed by atoms with van der Waals surface area (Å²) in [5.74, 6) is -0.907. The molecule has 0 aliphatic heterocycles. The summed E-state index contributed by atoms with van der Waals surface area (Å²) < 4.78 is 5.68. The van der Waals surface area contributed by atoms with Crippen molar-refractivity contribution in [2.24, 2.45) is 0 Å². The average molecular weight is 381 g/mol. The number of carbonyl (C=O) groups is 2. The molecule has 0 atom stereocenters. The summed E-state index contributed by atoms with van der Waals surface area (Å²) in [4.78, 5) is 24.0. The molecular formula is C18H18Cl2N2O3. The van der Waals surface area contributed by atoms with E-state index in [2.05, 4.69) is 10.6 Å². The molecule has 2 N–H and O–H groups in total. The molecule has 25 heavy (non-hydrogen) atoms. The summed E-state index contributed by atoms with van der Waals surface area (Å²) in [7, 11) is 0. The Kier molecular flexibility index (Phi) is 6.67. The van der Waals surface area contributed by atoms with Gasteiger partial charge in [0.15, 0.2) is 0 Å². The van der Waals surface area contributed by atoms with Gasteiger partial charge in [-0.15, -0.1) is 0 Å². The minimum atomic E-state index is -0.805. The first kappa shape index (κ1) is 19.1. The highest BCUT2D eigenvalue weighted by Gasteiger charge is 2.15. The first-order valence-electron chi connectivity index (χ1n) is 7.65. The van der Waals surface area contributed by atoms with E-state index < -0.39 is 11.8 Å². The Morgan fingerprint density at radius 1 is 1.04 bits per heavy atom. The second-order valence-corrected chi connectivity index (χ2v) is 6.44. The van der Waals surface area contributed by atoms with E-state index in [-0.39, 0.29) is 12.6 Å². The third-order valence-electron chi connectivity index (χ3n) is 3.10. The Hall–Kier alpha value is -2.24. The number of ether oxygens (including phenoxy) is 1. The molecule has 0 radical (unpaired) electrons. The Balaban J connectivity index is 1.97. The number of benzene rings is 2. The van der Waals surface area contributed by atoms with Crippen LogP contribution >= 0.6 is 23.2 Å². The molecule has 7 heteroatoms. The van der Waals surface area contributed by atoms with Crippen molar-refractivity contribution in [3.05, 3.63) is 58.1 Å². The van der Waals surface area contributed by atoms with Crippen molar-refractivity contribution in [3.8, 4) is 5.75 Å². The second kappa shape index (κ2) is 8.74. The highest BCUT2D eigenvalue weighted by atomic mass is 35.5. The molecule has 5 nitrogen and oxygen atoms in total. The molecule has 2 rings (SSSR count). The molecule has 132 valence electrons. The van der Waals surface area contributed by atoms with Crippen molar-refractivity contribution >= 4 is 40.7 Å². The third-order valence-corrected chi connectivity index (χ3v) is 3.54. The minimum absolute atomic E-state index is 0.00716. The van der Waals surface area contributed by atoms with Gasteiger partial charge in [0.1, 0.15) is 5.75 Å². The largest absolute Gasteiger partial charge is 0.491 e. The number of hydrogen-bond acceptors (Lipinski definition) is 3. The standard InChI is InChI=1S/C18H18Cl2N2O3/c1-11(2)25-16-6-4-3-5-12(16)10-21-17(23)18(24)22-15-8-13(19)7-14(20)9-15/h3-9,11H,10H2,1-2H3,(H,21,23)(H,22,24). The van der Waals surface area contributed by atoms with Crippen LogP contribution in [0.15, 0.2) is 42.5 Å². The summed E-state index contributed by atoms with van der Waals surface area (Å²) in [6, 6.07) is 11.9. The SMILES string of the molecule is CC(C)Oc1ccccc1CNC(=O)C(=O)Nc1cc(Cl)cc(Cl)c1. The van der Waals surface area contributed by atoms with E-state index in [4.69, 9.17) is 27.9 Å². The maximum absolute atomic E-state index is 12.0. The molecule has 0 fully saturated rings. The lowest BCUT2D eigenvalue weighted by Crippen LogP contribution is -2.35. The lowest BCUT2D eigenvalue weighted by atomic mass is 10.2. The highest BCUT2D eigenvalue weighted by molar-refractivity contribution is 6.40. The van der Waals surface area contributed by atoms with Crippen molar-refractivity contribution in [2.75, 3.05) is 5.32 Å². The first-order valence-corrected chi connectivity index (χ1v) is 8.40. The van der Waals surface area contributed by atoms with Crippen LogP contribution in [0.25, 0.3) is 0 Å². The van der Waals surface area contributed by atoms with Crippen LogP contribution in [0.2, 0.25) is 10.0 Å².